The van der Waals surface area contributed by atoms with Gasteiger partial charge >= 0.3 is 0 Å². The number of hydrogen-bond donors (Lipinski definition) is 1. The highest BCUT2D eigenvalue weighted by Gasteiger charge is 2.31. The van der Waals surface area contributed by atoms with Gasteiger partial charge in [-0.1, -0.05) is 32.9 Å². The third-order valence-corrected chi connectivity index (χ3v) is 7.03. The summed E-state index contributed by atoms with van der Waals surface area (Å²) in [7, 11) is -3.54. The molecule has 1 aliphatic rings. The minimum absolute atomic E-state index is 0.235. The van der Waals surface area contributed by atoms with Gasteiger partial charge in [0, 0.05) is 24.3 Å². The van der Waals surface area contributed by atoms with Crippen molar-refractivity contribution in [1.82, 2.24) is 4.31 Å². The largest absolute Gasteiger partial charge is 0.322 e. The van der Waals surface area contributed by atoms with E-state index in [9.17, 15) is 13.2 Å². The highest BCUT2D eigenvalue weighted by atomic mass is 32.2. The van der Waals surface area contributed by atoms with Gasteiger partial charge in [0.05, 0.1) is 4.90 Å². The van der Waals surface area contributed by atoms with Gasteiger partial charge in [-0.15, -0.1) is 0 Å². The van der Waals surface area contributed by atoms with Crippen molar-refractivity contribution in [3.05, 3.63) is 59.7 Å². The lowest BCUT2D eigenvalue weighted by atomic mass is 9.94. The topological polar surface area (TPSA) is 66.5 Å². The fourth-order valence-electron chi connectivity index (χ4n) is 3.80. The zero-order valence-corrected chi connectivity index (χ0v) is 17.5. The number of nitrogens with one attached hydrogen (secondary N) is 1. The number of aryl methyl sites for hydroxylation is 1. The van der Waals surface area contributed by atoms with Crippen LogP contribution in [0.25, 0.3) is 0 Å². The molecule has 0 spiro atoms. The predicted octanol–water partition coefficient (Wildman–Crippen LogP) is 4.17. The van der Waals surface area contributed by atoms with Gasteiger partial charge in [-0.25, -0.2) is 8.42 Å². The highest BCUT2D eigenvalue weighted by molar-refractivity contribution is 7.89. The van der Waals surface area contributed by atoms with E-state index in [0.29, 0.717) is 30.5 Å². The molecule has 5 nitrogen and oxygen atoms in total. The number of carbonyl (C=O) groups is 1. The van der Waals surface area contributed by atoms with Crippen LogP contribution in [0.3, 0.4) is 0 Å². The average molecular weight is 401 g/mol. The first-order valence-corrected chi connectivity index (χ1v) is 11.2. The molecule has 2 atom stereocenters. The highest BCUT2D eigenvalue weighted by Crippen LogP contribution is 2.27. The molecule has 1 fully saturated rings. The third kappa shape index (κ3) is 4.62. The fourth-order valence-corrected chi connectivity index (χ4v) is 5.48. The third-order valence-electron chi connectivity index (χ3n) is 5.18. The Labute approximate surface area is 167 Å². The Morgan fingerprint density at radius 1 is 1.07 bits per heavy atom. The van der Waals surface area contributed by atoms with Crippen LogP contribution in [0, 0.1) is 11.8 Å². The van der Waals surface area contributed by atoms with Crippen molar-refractivity contribution in [1.29, 1.82) is 0 Å². The zero-order chi connectivity index (χ0) is 20.3. The van der Waals surface area contributed by atoms with Crippen molar-refractivity contribution in [2.45, 2.75) is 38.5 Å². The van der Waals surface area contributed by atoms with Crippen LogP contribution in [0.5, 0.6) is 0 Å². The normalized spacial score (nSPS) is 20.7. The molecule has 0 radical (unpaired) electrons. The molecule has 0 unspecified atom stereocenters. The van der Waals surface area contributed by atoms with E-state index in [4.69, 9.17) is 0 Å². The Bertz CT molecular complexity index is 929. The van der Waals surface area contributed by atoms with Crippen molar-refractivity contribution in [3.63, 3.8) is 0 Å². The van der Waals surface area contributed by atoms with E-state index in [2.05, 4.69) is 26.1 Å². The molecule has 1 amide bonds. The summed E-state index contributed by atoms with van der Waals surface area (Å²) in [4.78, 5) is 12.7. The summed E-state index contributed by atoms with van der Waals surface area (Å²) >= 11 is 0. The van der Waals surface area contributed by atoms with Crippen molar-refractivity contribution in [2.75, 3.05) is 18.4 Å². The maximum absolute atomic E-state index is 12.9. The van der Waals surface area contributed by atoms with Gasteiger partial charge in [0.2, 0.25) is 10.0 Å². The van der Waals surface area contributed by atoms with Crippen LogP contribution in [-0.2, 0) is 16.4 Å². The second kappa shape index (κ2) is 8.45. The molecule has 28 heavy (non-hydrogen) atoms. The van der Waals surface area contributed by atoms with Crippen LogP contribution in [0.15, 0.2) is 53.4 Å². The monoisotopic (exact) mass is 400 g/mol. The molecular weight excluding hydrogens is 372 g/mol. The van der Waals surface area contributed by atoms with Crippen molar-refractivity contribution >= 4 is 21.6 Å². The summed E-state index contributed by atoms with van der Waals surface area (Å²) in [6, 6.07) is 13.9. The molecule has 2 aromatic carbocycles. The molecule has 1 N–H and O–H groups in total. The van der Waals surface area contributed by atoms with E-state index in [1.807, 2.05) is 24.3 Å². The van der Waals surface area contributed by atoms with Gasteiger partial charge in [0.25, 0.3) is 5.91 Å². The van der Waals surface area contributed by atoms with Gasteiger partial charge in [-0.2, -0.15) is 4.31 Å². The molecule has 0 aromatic heterocycles. The van der Waals surface area contributed by atoms with Crippen molar-refractivity contribution < 1.29 is 13.2 Å². The molecule has 0 aliphatic carbocycles. The first-order valence-electron chi connectivity index (χ1n) is 9.80. The smallest absolute Gasteiger partial charge is 0.255 e. The number of carbonyl (C=O) groups excluding carboxylic acids is 1. The number of rotatable bonds is 5. The van der Waals surface area contributed by atoms with E-state index in [-0.39, 0.29) is 10.8 Å². The van der Waals surface area contributed by atoms with E-state index in [1.54, 1.807) is 16.4 Å². The molecule has 3 rings (SSSR count). The molecule has 0 saturated carbocycles. The quantitative estimate of drug-likeness (QED) is 0.819. The first kappa shape index (κ1) is 20.6. The average Bonchev–Trinajstić information content (AvgIpc) is 2.67. The minimum atomic E-state index is -3.54. The molecule has 2 aromatic rings. The molecular formula is C22H28N2O3S. The summed E-state index contributed by atoms with van der Waals surface area (Å²) in [5.74, 6) is 0.447. The van der Waals surface area contributed by atoms with E-state index in [1.165, 1.54) is 12.1 Å². The van der Waals surface area contributed by atoms with Crippen LogP contribution in [0.1, 0.15) is 43.1 Å². The van der Waals surface area contributed by atoms with E-state index < -0.39 is 10.0 Å². The second-order valence-corrected chi connectivity index (χ2v) is 9.74. The van der Waals surface area contributed by atoms with Gasteiger partial charge in [-0.3, -0.25) is 4.79 Å². The number of piperidine rings is 1. The van der Waals surface area contributed by atoms with E-state index in [0.717, 1.165) is 24.1 Å². The lowest BCUT2D eigenvalue weighted by Crippen LogP contribution is -2.42. The summed E-state index contributed by atoms with van der Waals surface area (Å²) in [5, 5.41) is 2.87. The van der Waals surface area contributed by atoms with Gasteiger partial charge in [-0.05, 0) is 66.6 Å². The molecule has 150 valence electrons. The maximum atomic E-state index is 12.9. The van der Waals surface area contributed by atoms with Gasteiger partial charge in [0.15, 0.2) is 0 Å². The lowest BCUT2D eigenvalue weighted by molar-refractivity contribution is 0.102. The summed E-state index contributed by atoms with van der Waals surface area (Å²) in [6.07, 6.45) is 1.94. The van der Waals surface area contributed by atoms with Crippen LogP contribution in [0.4, 0.5) is 5.69 Å². The zero-order valence-electron chi connectivity index (χ0n) is 16.7. The van der Waals surface area contributed by atoms with Crippen LogP contribution in [0.2, 0.25) is 0 Å². The van der Waals surface area contributed by atoms with Crippen LogP contribution in [-0.4, -0.2) is 31.7 Å². The Morgan fingerprint density at radius 3 is 2.32 bits per heavy atom. The Morgan fingerprint density at radius 2 is 1.71 bits per heavy atom. The lowest BCUT2D eigenvalue weighted by Gasteiger charge is -2.34. The number of benzene rings is 2. The Kier molecular flexibility index (Phi) is 6.20. The SMILES string of the molecule is CCc1cccc(NC(=O)c2ccc(S(=O)(=O)N3C[C@H](C)C[C@H](C)C3)cc2)c1. The van der Waals surface area contributed by atoms with Crippen molar-refractivity contribution in [2.24, 2.45) is 11.8 Å². The van der Waals surface area contributed by atoms with Crippen LogP contribution >= 0.6 is 0 Å². The number of amides is 1. The maximum Gasteiger partial charge on any atom is 0.255 e. The number of sulfonamides is 1. The molecule has 1 aliphatic heterocycles. The minimum Gasteiger partial charge on any atom is -0.322 e. The van der Waals surface area contributed by atoms with Gasteiger partial charge in [0.1, 0.15) is 0 Å². The number of nitrogens with zero attached hydrogens (tertiary/aromatic N) is 1. The molecule has 6 heteroatoms. The number of hydrogen-bond acceptors (Lipinski definition) is 3. The molecule has 1 saturated heterocycles. The molecule has 0 bridgehead atoms. The van der Waals surface area contributed by atoms with Crippen molar-refractivity contribution in [3.8, 4) is 0 Å². The van der Waals surface area contributed by atoms with E-state index >= 15 is 0 Å². The standard InChI is InChI=1S/C22H28N2O3S/c1-4-18-6-5-7-20(13-18)23-22(25)19-8-10-21(11-9-19)28(26,27)24-14-16(2)12-17(3)15-24/h5-11,13,16-17H,4,12,14-15H2,1-3H3,(H,23,25)/t16-,17+. The Balaban J connectivity index is 1.74. The number of anilines is 1. The summed E-state index contributed by atoms with van der Waals surface area (Å²) in [6.45, 7) is 7.31. The fraction of sp³-hybridized carbons (Fsp3) is 0.409. The first-order chi connectivity index (χ1) is 13.3. The van der Waals surface area contributed by atoms with Gasteiger partial charge < -0.3 is 5.32 Å². The second-order valence-electron chi connectivity index (χ2n) is 7.80. The predicted molar refractivity (Wildman–Crippen MR) is 112 cm³/mol. The summed E-state index contributed by atoms with van der Waals surface area (Å²) in [5.41, 5.74) is 2.31. The summed E-state index contributed by atoms with van der Waals surface area (Å²) < 4.78 is 27.5. The van der Waals surface area contributed by atoms with Crippen LogP contribution < -0.4 is 5.32 Å². The Hall–Kier alpha value is -2.18. The molecule has 1 heterocycles.